The minimum atomic E-state index is -0.846. The van der Waals surface area contributed by atoms with Gasteiger partial charge in [0.1, 0.15) is 0 Å². The Bertz CT molecular complexity index is 271. The summed E-state index contributed by atoms with van der Waals surface area (Å²) in [5.41, 5.74) is -0.591. The van der Waals surface area contributed by atoms with Gasteiger partial charge in [-0.1, -0.05) is 0 Å². The molecule has 0 radical (unpaired) electrons. The molecule has 1 aromatic rings. The summed E-state index contributed by atoms with van der Waals surface area (Å²) in [7, 11) is 0. The molecule has 1 heterocycles. The summed E-state index contributed by atoms with van der Waals surface area (Å²) in [5.74, 6) is 0. The van der Waals surface area contributed by atoms with Crippen molar-refractivity contribution in [1.29, 1.82) is 0 Å². The lowest BCUT2D eigenvalue weighted by atomic mass is 10.9. The monoisotopic (exact) mass is 130 g/mol. The van der Waals surface area contributed by atoms with Gasteiger partial charge in [-0.15, -0.1) is 5.10 Å². The summed E-state index contributed by atoms with van der Waals surface area (Å²) in [4.78, 5) is 20.1. The third-order valence-electron chi connectivity index (χ3n) is 0.649. The van der Waals surface area contributed by atoms with Crippen molar-refractivity contribution in [3.63, 3.8) is 0 Å². The van der Waals surface area contributed by atoms with Crippen molar-refractivity contribution >= 4 is 0 Å². The van der Waals surface area contributed by atoms with E-state index in [2.05, 4.69) is 5.10 Å². The average molecular weight is 130 g/mol. The third kappa shape index (κ3) is 0.929. The van der Waals surface area contributed by atoms with E-state index in [0.29, 0.717) is 0 Å². The zero-order chi connectivity index (χ0) is 6.85. The summed E-state index contributed by atoms with van der Waals surface area (Å²) in [6.07, 6.45) is 0.822. The van der Waals surface area contributed by atoms with Crippen LogP contribution in [0.1, 0.15) is 0 Å². The van der Waals surface area contributed by atoms with Gasteiger partial charge in [0.2, 0.25) is 6.20 Å². The zero-order valence-electron chi connectivity index (χ0n) is 4.14. The Balaban J connectivity index is 3.12. The van der Waals surface area contributed by atoms with Gasteiger partial charge in [-0.2, -0.15) is 0 Å². The van der Waals surface area contributed by atoms with Crippen molar-refractivity contribution in [2.75, 3.05) is 0 Å². The molecule has 7 nitrogen and oxygen atoms in total. The first-order valence-corrected chi connectivity index (χ1v) is 1.99. The SMILES string of the molecule is O=c1cnn([N+](=O)[O-])[nH]1. The number of rotatable bonds is 1. The van der Waals surface area contributed by atoms with Crippen LogP contribution in [0.2, 0.25) is 0 Å². The summed E-state index contributed by atoms with van der Waals surface area (Å²) in [5, 5.41) is 13.8. The predicted octanol–water partition coefficient (Wildman–Crippen LogP) is -1.39. The highest BCUT2D eigenvalue weighted by Gasteiger charge is 1.99. The van der Waals surface area contributed by atoms with E-state index in [1.807, 2.05) is 5.10 Å². The average Bonchev–Trinajstić information content (AvgIpc) is 2.14. The van der Waals surface area contributed by atoms with Gasteiger partial charge in [0, 0.05) is 10.1 Å². The van der Waals surface area contributed by atoms with Crippen molar-refractivity contribution in [1.82, 2.24) is 15.1 Å². The van der Waals surface area contributed by atoms with E-state index in [1.165, 1.54) is 0 Å². The molecule has 7 heteroatoms. The van der Waals surface area contributed by atoms with Gasteiger partial charge < -0.3 is 10.1 Å². The van der Waals surface area contributed by atoms with Crippen molar-refractivity contribution in [3.8, 4) is 0 Å². The normalized spacial score (nSPS) is 9.33. The van der Waals surface area contributed by atoms with Gasteiger partial charge in [0.25, 0.3) is 0 Å². The predicted molar refractivity (Wildman–Crippen MR) is 25.2 cm³/mol. The highest BCUT2D eigenvalue weighted by Crippen LogP contribution is 1.66. The van der Waals surface area contributed by atoms with E-state index in [9.17, 15) is 14.9 Å². The number of hydrogen-bond donors (Lipinski definition) is 1. The minimum absolute atomic E-state index is 0.238. The maximum atomic E-state index is 10.2. The standard InChI is InChI=1S/C2H2N4O3/c7-2-1-3-5(4-2)6(8)9/h1H,(H,4,7). The molecule has 0 atom stereocenters. The van der Waals surface area contributed by atoms with E-state index in [4.69, 9.17) is 0 Å². The van der Waals surface area contributed by atoms with Gasteiger partial charge in [-0.05, 0) is 0 Å². The maximum Gasteiger partial charge on any atom is 0.361 e. The van der Waals surface area contributed by atoms with Crippen LogP contribution in [0.15, 0.2) is 11.0 Å². The number of nitrogens with zero attached hydrogens (tertiary/aromatic N) is 3. The first-order chi connectivity index (χ1) is 4.20. The van der Waals surface area contributed by atoms with Crippen LogP contribution >= 0.6 is 0 Å². The van der Waals surface area contributed by atoms with Gasteiger partial charge in [-0.25, -0.2) is 4.79 Å². The summed E-state index contributed by atoms with van der Waals surface area (Å²) >= 11 is 0. The van der Waals surface area contributed by atoms with E-state index in [0.717, 1.165) is 6.20 Å². The topological polar surface area (TPSA) is 93.8 Å². The third-order valence-corrected chi connectivity index (χ3v) is 0.649. The Kier molecular flexibility index (Phi) is 1.03. The number of nitro groups is 1. The van der Waals surface area contributed by atoms with E-state index in [-0.39, 0.29) is 4.91 Å². The van der Waals surface area contributed by atoms with Gasteiger partial charge in [0.15, 0.2) is 0 Å². The van der Waals surface area contributed by atoms with E-state index in [1.54, 1.807) is 0 Å². The Hall–Kier alpha value is -1.66. The molecule has 0 fully saturated rings. The van der Waals surface area contributed by atoms with E-state index < -0.39 is 10.6 Å². The number of H-pyrrole nitrogens is 1. The lowest BCUT2D eigenvalue weighted by Crippen LogP contribution is -2.14. The second-order valence-corrected chi connectivity index (χ2v) is 1.25. The summed E-state index contributed by atoms with van der Waals surface area (Å²) in [6.45, 7) is 0. The molecule has 0 saturated carbocycles. The molecule has 1 rings (SSSR count). The molecular formula is C2H2N4O3. The van der Waals surface area contributed by atoms with Gasteiger partial charge >= 0.3 is 5.56 Å². The second kappa shape index (κ2) is 1.69. The van der Waals surface area contributed by atoms with Crippen LogP contribution in [-0.2, 0) is 0 Å². The summed E-state index contributed by atoms with van der Waals surface area (Å²) < 4.78 is 0. The fourth-order valence-electron chi connectivity index (χ4n) is 0.346. The van der Waals surface area contributed by atoms with E-state index >= 15 is 0 Å². The van der Waals surface area contributed by atoms with Crippen molar-refractivity contribution in [3.05, 3.63) is 26.7 Å². The van der Waals surface area contributed by atoms with Crippen molar-refractivity contribution in [2.45, 2.75) is 0 Å². The van der Waals surface area contributed by atoms with Crippen molar-refractivity contribution in [2.24, 2.45) is 0 Å². The minimum Gasteiger partial charge on any atom is -0.372 e. The quantitative estimate of drug-likeness (QED) is 0.374. The molecule has 0 aliphatic carbocycles. The lowest BCUT2D eigenvalue weighted by Gasteiger charge is -1.87. The maximum absolute atomic E-state index is 10.2. The molecule has 0 aliphatic heterocycles. The zero-order valence-corrected chi connectivity index (χ0v) is 4.14. The van der Waals surface area contributed by atoms with Crippen LogP contribution < -0.4 is 5.56 Å². The fourth-order valence-corrected chi connectivity index (χ4v) is 0.346. The fraction of sp³-hybridized carbons (Fsp3) is 0. The first kappa shape index (κ1) is 5.48. The molecule has 48 valence electrons. The van der Waals surface area contributed by atoms with Crippen LogP contribution in [0.4, 0.5) is 0 Å². The number of aromatic nitrogens is 3. The smallest absolute Gasteiger partial charge is 0.361 e. The van der Waals surface area contributed by atoms with Gasteiger partial charge in [-0.3, -0.25) is 0 Å². The number of aromatic amines is 1. The molecule has 0 unspecified atom stereocenters. The molecule has 0 aromatic carbocycles. The highest BCUT2D eigenvalue weighted by atomic mass is 16.7. The molecule has 1 aromatic heterocycles. The highest BCUT2D eigenvalue weighted by molar-refractivity contribution is 4.61. The molecule has 0 saturated heterocycles. The number of nitrogens with one attached hydrogen (secondary N) is 1. The molecule has 0 aliphatic rings. The summed E-state index contributed by atoms with van der Waals surface area (Å²) in [6, 6.07) is 0. The Morgan fingerprint density at radius 2 is 2.56 bits per heavy atom. The largest absolute Gasteiger partial charge is 0.372 e. The first-order valence-electron chi connectivity index (χ1n) is 1.99. The second-order valence-electron chi connectivity index (χ2n) is 1.25. The molecule has 1 N–H and O–H groups in total. The van der Waals surface area contributed by atoms with Gasteiger partial charge in [0.05, 0.1) is 4.91 Å². The Labute approximate surface area is 48.0 Å². The Morgan fingerprint density at radius 3 is 2.78 bits per heavy atom. The molecule has 0 amide bonds. The van der Waals surface area contributed by atoms with Crippen LogP contribution in [0.3, 0.4) is 0 Å². The molecule has 0 spiro atoms. The van der Waals surface area contributed by atoms with Crippen LogP contribution in [0.25, 0.3) is 0 Å². The molecular weight excluding hydrogens is 128 g/mol. The van der Waals surface area contributed by atoms with Crippen LogP contribution in [-0.4, -0.2) is 20.1 Å². The Morgan fingerprint density at radius 1 is 1.89 bits per heavy atom. The van der Waals surface area contributed by atoms with Crippen LogP contribution in [0.5, 0.6) is 0 Å². The molecule has 0 bridgehead atoms. The van der Waals surface area contributed by atoms with Crippen molar-refractivity contribution < 1.29 is 5.03 Å². The lowest BCUT2D eigenvalue weighted by molar-refractivity contribution is -0.564. The molecule has 9 heavy (non-hydrogen) atoms. The number of hydrogen-bond acceptors (Lipinski definition) is 4. The van der Waals surface area contributed by atoms with Crippen LogP contribution in [0, 0.1) is 10.1 Å².